The highest BCUT2D eigenvalue weighted by molar-refractivity contribution is 7.89. The van der Waals surface area contributed by atoms with E-state index < -0.39 is 63.1 Å². The molecule has 248 valence electrons. The van der Waals surface area contributed by atoms with E-state index in [1.165, 1.54) is 12.1 Å². The number of nitrogens with zero attached hydrogens (tertiary/aromatic N) is 3. The Morgan fingerprint density at radius 2 is 1.68 bits per heavy atom. The van der Waals surface area contributed by atoms with E-state index in [0.29, 0.717) is 17.8 Å². The zero-order chi connectivity index (χ0) is 33.7. The van der Waals surface area contributed by atoms with Gasteiger partial charge >= 0.3 is 0 Å². The monoisotopic (exact) mass is 682 g/mol. The molecule has 3 amide bonds. The van der Waals surface area contributed by atoms with Crippen LogP contribution in [-0.4, -0.2) is 59.5 Å². The minimum atomic E-state index is -4.57. The van der Waals surface area contributed by atoms with Gasteiger partial charge in [0.15, 0.2) is 5.69 Å². The third-order valence-corrected chi connectivity index (χ3v) is 10.2. The molecule has 3 N–H and O–H groups in total. The first-order valence-electron chi connectivity index (χ1n) is 15.0. The Bertz CT molecular complexity index is 1840. The predicted octanol–water partition coefficient (Wildman–Crippen LogP) is 4.01. The summed E-state index contributed by atoms with van der Waals surface area (Å²) >= 11 is 1.16. The van der Waals surface area contributed by atoms with Gasteiger partial charge in [-0.05, 0) is 43.4 Å². The molecule has 12 nitrogen and oxygen atoms in total. The summed E-state index contributed by atoms with van der Waals surface area (Å²) in [5.74, 6) is -2.74. The molecule has 4 bridgehead atoms. The summed E-state index contributed by atoms with van der Waals surface area (Å²) in [6.07, 6.45) is 1.76. The van der Waals surface area contributed by atoms with Crippen LogP contribution in [0.1, 0.15) is 76.7 Å². The molecule has 0 saturated heterocycles. The molecule has 0 saturated carbocycles. The van der Waals surface area contributed by atoms with Gasteiger partial charge in [0, 0.05) is 18.0 Å². The molecular weight excluding hydrogens is 648 g/mol. The molecule has 0 fully saturated rings. The molecular formula is C32H35FN6O6S2. The molecule has 1 aliphatic rings. The molecule has 3 atom stereocenters. The number of hydrogen-bond acceptors (Lipinski definition) is 9. The van der Waals surface area contributed by atoms with Crippen molar-refractivity contribution < 1.29 is 31.6 Å². The smallest absolute Gasteiger partial charge is 0.273 e. The Balaban J connectivity index is 1.57. The lowest BCUT2D eigenvalue weighted by Crippen LogP contribution is -2.50. The van der Waals surface area contributed by atoms with Crippen molar-refractivity contribution in [1.29, 1.82) is 0 Å². The lowest BCUT2D eigenvalue weighted by atomic mass is 10.0. The Morgan fingerprint density at radius 1 is 0.979 bits per heavy atom. The summed E-state index contributed by atoms with van der Waals surface area (Å²) in [6.45, 7) is 4.42. The van der Waals surface area contributed by atoms with E-state index in [0.717, 1.165) is 39.6 Å². The molecule has 0 spiro atoms. The van der Waals surface area contributed by atoms with Gasteiger partial charge in [0.1, 0.15) is 33.7 Å². The van der Waals surface area contributed by atoms with Gasteiger partial charge in [-0.25, -0.2) is 22.8 Å². The summed E-state index contributed by atoms with van der Waals surface area (Å²) < 4.78 is 49.2. The molecule has 0 radical (unpaired) electrons. The maximum Gasteiger partial charge on any atom is 0.273 e. The van der Waals surface area contributed by atoms with E-state index in [9.17, 15) is 27.2 Å². The van der Waals surface area contributed by atoms with Crippen LogP contribution in [0.2, 0.25) is 0 Å². The second-order valence-electron chi connectivity index (χ2n) is 11.7. The van der Waals surface area contributed by atoms with Crippen LogP contribution < -0.4 is 16.0 Å². The van der Waals surface area contributed by atoms with E-state index in [1.54, 1.807) is 12.3 Å². The summed E-state index contributed by atoms with van der Waals surface area (Å²) in [7, 11) is -4.57. The van der Waals surface area contributed by atoms with Crippen molar-refractivity contribution in [2.45, 2.75) is 56.6 Å². The normalized spacial score (nSPS) is 20.2. The van der Waals surface area contributed by atoms with E-state index in [2.05, 4.69) is 25.9 Å². The van der Waals surface area contributed by atoms with Gasteiger partial charge in [0.25, 0.3) is 11.8 Å². The molecule has 0 unspecified atom stereocenters. The van der Waals surface area contributed by atoms with Crippen LogP contribution in [0.5, 0.6) is 0 Å². The number of thiazole rings is 1. The standard InChI is InChI=1S/C32H35FN6O6S2/c1-19(2)13-22-15-39(47(43,44)27-12-8-7-11-23(27)33)16-28(40)36-24(14-21-9-5-4-6-10-21)32-38-26(18-46-32)30(42)34-20(3)31-37-25(17-45-31)29(41)35-22/h4-12,17-20,22,24H,13-16H2,1-3H3,(H,34,42)(H,35,41)(H,36,40)/t20-,22-,24-/m1/s1. The number of oxazole rings is 1. The first kappa shape index (κ1) is 33.9. The molecule has 0 aliphatic carbocycles. The number of amides is 3. The minimum absolute atomic E-state index is 0.00227. The Labute approximate surface area is 275 Å². The molecule has 2 aromatic carbocycles. The fourth-order valence-electron chi connectivity index (χ4n) is 5.22. The third kappa shape index (κ3) is 8.28. The number of carbonyl (C=O) groups is 3. The number of carbonyl (C=O) groups excluding carboxylic acids is 3. The molecule has 15 heteroatoms. The summed E-state index contributed by atoms with van der Waals surface area (Å²) in [4.78, 5) is 48.3. The summed E-state index contributed by atoms with van der Waals surface area (Å²) in [5.41, 5.74) is 0.872. The number of nitrogens with one attached hydrogen (secondary N) is 3. The van der Waals surface area contributed by atoms with Crippen LogP contribution in [0.25, 0.3) is 0 Å². The minimum Gasteiger partial charge on any atom is -0.446 e. The molecule has 47 heavy (non-hydrogen) atoms. The highest BCUT2D eigenvalue weighted by Crippen LogP contribution is 2.25. The number of rotatable bonds is 6. The Kier molecular flexibility index (Phi) is 10.5. The van der Waals surface area contributed by atoms with Gasteiger partial charge in [-0.1, -0.05) is 56.3 Å². The maximum atomic E-state index is 14.9. The quantitative estimate of drug-likeness (QED) is 0.275. The average molecular weight is 683 g/mol. The largest absolute Gasteiger partial charge is 0.446 e. The number of fused-ring (bicyclic) bond motifs is 4. The van der Waals surface area contributed by atoms with Gasteiger partial charge in [-0.15, -0.1) is 11.3 Å². The third-order valence-electron chi connectivity index (χ3n) is 7.43. The Morgan fingerprint density at radius 3 is 2.40 bits per heavy atom. The number of hydrogen-bond donors (Lipinski definition) is 3. The van der Waals surface area contributed by atoms with Crippen LogP contribution in [0.3, 0.4) is 0 Å². The number of sulfonamides is 1. The van der Waals surface area contributed by atoms with Crippen molar-refractivity contribution in [3.63, 3.8) is 0 Å². The fraction of sp³-hybridized carbons (Fsp3) is 0.344. The van der Waals surface area contributed by atoms with Crippen molar-refractivity contribution in [3.8, 4) is 0 Å². The predicted molar refractivity (Wildman–Crippen MR) is 171 cm³/mol. The number of aromatic nitrogens is 2. The fourth-order valence-corrected chi connectivity index (χ4v) is 7.58. The maximum absolute atomic E-state index is 14.9. The molecule has 4 aromatic rings. The number of halogens is 1. The molecule has 2 aromatic heterocycles. The van der Waals surface area contributed by atoms with Crippen molar-refractivity contribution in [3.05, 3.63) is 99.9 Å². The van der Waals surface area contributed by atoms with Crippen molar-refractivity contribution >= 4 is 39.1 Å². The molecule has 5 rings (SSSR count). The lowest BCUT2D eigenvalue weighted by molar-refractivity contribution is -0.122. The van der Waals surface area contributed by atoms with E-state index >= 15 is 0 Å². The van der Waals surface area contributed by atoms with Crippen molar-refractivity contribution in [2.75, 3.05) is 13.1 Å². The van der Waals surface area contributed by atoms with Crippen LogP contribution in [0.15, 0.2) is 75.6 Å². The zero-order valence-electron chi connectivity index (χ0n) is 26.0. The van der Waals surface area contributed by atoms with Gasteiger partial charge in [-0.3, -0.25) is 14.4 Å². The van der Waals surface area contributed by atoms with E-state index in [4.69, 9.17) is 4.42 Å². The lowest BCUT2D eigenvalue weighted by Gasteiger charge is -2.29. The first-order valence-corrected chi connectivity index (χ1v) is 17.3. The van der Waals surface area contributed by atoms with E-state index in [1.807, 2.05) is 44.2 Å². The summed E-state index contributed by atoms with van der Waals surface area (Å²) in [5, 5.41) is 10.4. The average Bonchev–Trinajstić information content (AvgIpc) is 3.72. The van der Waals surface area contributed by atoms with Crippen LogP contribution >= 0.6 is 11.3 Å². The Hall–Kier alpha value is -4.47. The molecule has 3 heterocycles. The highest BCUT2D eigenvalue weighted by atomic mass is 32.2. The topological polar surface area (TPSA) is 164 Å². The van der Waals surface area contributed by atoms with Crippen LogP contribution in [0, 0.1) is 11.7 Å². The summed E-state index contributed by atoms with van der Waals surface area (Å²) in [6, 6.07) is 12.0. The van der Waals surface area contributed by atoms with Crippen LogP contribution in [0.4, 0.5) is 4.39 Å². The zero-order valence-corrected chi connectivity index (χ0v) is 27.6. The SMILES string of the molecule is CC(C)C[C@@H]1CN(S(=O)(=O)c2ccccc2F)CC(=O)N[C@H](Cc2ccccc2)c2nc(cs2)C(=O)N[C@H](C)c2nc(co2)C(=O)N1. The van der Waals surface area contributed by atoms with Gasteiger partial charge in [0.2, 0.25) is 21.8 Å². The molecule has 1 aliphatic heterocycles. The van der Waals surface area contributed by atoms with Gasteiger partial charge < -0.3 is 20.4 Å². The van der Waals surface area contributed by atoms with Gasteiger partial charge in [-0.2, -0.15) is 4.31 Å². The van der Waals surface area contributed by atoms with E-state index in [-0.39, 0.29) is 29.7 Å². The second kappa shape index (κ2) is 14.5. The van der Waals surface area contributed by atoms with Gasteiger partial charge in [0.05, 0.1) is 12.6 Å². The number of benzene rings is 2. The first-order chi connectivity index (χ1) is 22.4. The second-order valence-corrected chi connectivity index (χ2v) is 14.5. The highest BCUT2D eigenvalue weighted by Gasteiger charge is 2.34. The van der Waals surface area contributed by atoms with Crippen LogP contribution in [-0.2, 0) is 21.2 Å². The van der Waals surface area contributed by atoms with Crippen molar-refractivity contribution in [1.82, 2.24) is 30.2 Å². The van der Waals surface area contributed by atoms with Crippen molar-refractivity contribution in [2.24, 2.45) is 5.92 Å².